The Bertz CT molecular complexity index is 661. The molecule has 1 N–H and O–H groups in total. The number of rotatable bonds is 3. The van der Waals surface area contributed by atoms with Gasteiger partial charge < -0.3 is 5.32 Å². The molecule has 0 saturated carbocycles. The van der Waals surface area contributed by atoms with Crippen molar-refractivity contribution in [3.8, 4) is 0 Å². The lowest BCUT2D eigenvalue weighted by atomic mass is 10.2. The van der Waals surface area contributed by atoms with Crippen molar-refractivity contribution in [3.63, 3.8) is 0 Å². The predicted molar refractivity (Wildman–Crippen MR) is 87.6 cm³/mol. The second kappa shape index (κ2) is 6.72. The number of anilines is 1. The van der Waals surface area contributed by atoms with E-state index in [0.29, 0.717) is 26.3 Å². The second-order valence-electron chi connectivity index (χ2n) is 3.93. The Hall–Kier alpha value is -0.870. The summed E-state index contributed by atoms with van der Waals surface area (Å²) in [6, 6.07) is 10.2. The molecular formula is C14H10Cl3NOS. The van der Waals surface area contributed by atoms with Gasteiger partial charge in [0.1, 0.15) is 0 Å². The standard InChI is InChI=1S/C14H10Cl3NOS/c1-20-9-3-5-11(15)10(7-9)14(19)18-8-2-4-12(16)13(17)6-8/h2-7H,1H3,(H,18,19). The predicted octanol–water partition coefficient (Wildman–Crippen LogP) is 5.62. The van der Waals surface area contributed by atoms with Crippen LogP contribution in [0.4, 0.5) is 5.69 Å². The largest absolute Gasteiger partial charge is 0.322 e. The summed E-state index contributed by atoms with van der Waals surface area (Å²) >= 11 is 19.3. The molecule has 1 amide bonds. The Morgan fingerprint density at radius 3 is 2.35 bits per heavy atom. The smallest absolute Gasteiger partial charge is 0.257 e. The van der Waals surface area contributed by atoms with Gasteiger partial charge in [0.25, 0.3) is 5.91 Å². The molecular weight excluding hydrogens is 337 g/mol. The number of carbonyl (C=O) groups is 1. The molecule has 6 heteroatoms. The van der Waals surface area contributed by atoms with Crippen molar-refractivity contribution in [1.82, 2.24) is 0 Å². The number of hydrogen-bond donors (Lipinski definition) is 1. The van der Waals surface area contributed by atoms with Gasteiger partial charge in [0.2, 0.25) is 0 Å². The molecule has 0 spiro atoms. The Kier molecular flexibility index (Phi) is 5.22. The van der Waals surface area contributed by atoms with Crippen LogP contribution in [-0.2, 0) is 0 Å². The average molecular weight is 347 g/mol. The Labute approximate surface area is 136 Å². The maximum Gasteiger partial charge on any atom is 0.257 e. The van der Waals surface area contributed by atoms with Gasteiger partial charge in [-0.15, -0.1) is 11.8 Å². The van der Waals surface area contributed by atoms with Crippen molar-refractivity contribution < 1.29 is 4.79 Å². The third kappa shape index (κ3) is 3.61. The molecule has 0 aliphatic heterocycles. The molecule has 0 radical (unpaired) electrons. The van der Waals surface area contributed by atoms with Crippen molar-refractivity contribution in [1.29, 1.82) is 0 Å². The summed E-state index contributed by atoms with van der Waals surface area (Å²) < 4.78 is 0. The number of carbonyl (C=O) groups excluding carboxylic acids is 1. The average Bonchev–Trinajstić information content (AvgIpc) is 2.43. The molecule has 0 aliphatic carbocycles. The minimum atomic E-state index is -0.288. The minimum absolute atomic E-state index is 0.288. The zero-order chi connectivity index (χ0) is 14.7. The van der Waals surface area contributed by atoms with Gasteiger partial charge >= 0.3 is 0 Å². The molecule has 0 aliphatic rings. The van der Waals surface area contributed by atoms with Crippen LogP contribution in [0, 0.1) is 0 Å². The summed E-state index contributed by atoms with van der Waals surface area (Å²) in [4.78, 5) is 13.2. The first kappa shape index (κ1) is 15.5. The zero-order valence-corrected chi connectivity index (χ0v) is 13.5. The highest BCUT2D eigenvalue weighted by molar-refractivity contribution is 7.98. The molecule has 0 unspecified atom stereocenters. The van der Waals surface area contributed by atoms with E-state index in [-0.39, 0.29) is 5.91 Å². The summed E-state index contributed by atoms with van der Waals surface area (Å²) in [7, 11) is 0. The number of amides is 1. The zero-order valence-electron chi connectivity index (χ0n) is 10.4. The maximum absolute atomic E-state index is 12.2. The summed E-state index contributed by atoms with van der Waals surface area (Å²) in [6.07, 6.45) is 1.93. The van der Waals surface area contributed by atoms with E-state index in [9.17, 15) is 4.79 Å². The number of nitrogens with one attached hydrogen (secondary N) is 1. The molecule has 20 heavy (non-hydrogen) atoms. The Morgan fingerprint density at radius 2 is 1.70 bits per heavy atom. The first-order valence-corrected chi connectivity index (χ1v) is 7.97. The molecule has 2 nitrogen and oxygen atoms in total. The van der Waals surface area contributed by atoms with E-state index in [4.69, 9.17) is 34.8 Å². The molecule has 2 aromatic carbocycles. The van der Waals surface area contributed by atoms with Crippen LogP contribution in [0.15, 0.2) is 41.3 Å². The van der Waals surface area contributed by atoms with Crippen molar-refractivity contribution in [3.05, 3.63) is 57.0 Å². The molecule has 0 heterocycles. The highest BCUT2D eigenvalue weighted by atomic mass is 35.5. The van der Waals surface area contributed by atoms with Gasteiger partial charge in [0, 0.05) is 10.6 Å². The van der Waals surface area contributed by atoms with Gasteiger partial charge in [-0.2, -0.15) is 0 Å². The fourth-order valence-corrected chi connectivity index (χ4v) is 2.52. The summed E-state index contributed by atoms with van der Waals surface area (Å²) in [5.74, 6) is -0.288. The summed E-state index contributed by atoms with van der Waals surface area (Å²) in [5, 5.41) is 3.97. The van der Waals surface area contributed by atoms with Crippen molar-refractivity contribution >= 4 is 58.2 Å². The lowest BCUT2D eigenvalue weighted by Crippen LogP contribution is -2.12. The molecule has 2 rings (SSSR count). The number of hydrogen-bond acceptors (Lipinski definition) is 2. The highest BCUT2D eigenvalue weighted by Crippen LogP contribution is 2.27. The molecule has 0 atom stereocenters. The van der Waals surface area contributed by atoms with Crippen molar-refractivity contribution in [2.24, 2.45) is 0 Å². The van der Waals surface area contributed by atoms with Gasteiger partial charge in [-0.05, 0) is 42.7 Å². The van der Waals surface area contributed by atoms with Gasteiger partial charge in [0.15, 0.2) is 0 Å². The number of halogens is 3. The van der Waals surface area contributed by atoms with Crippen LogP contribution in [0.5, 0.6) is 0 Å². The van der Waals surface area contributed by atoms with Gasteiger partial charge in [-0.3, -0.25) is 4.79 Å². The number of thioether (sulfide) groups is 1. The van der Waals surface area contributed by atoms with Crippen LogP contribution in [0.25, 0.3) is 0 Å². The lowest BCUT2D eigenvalue weighted by molar-refractivity contribution is 0.102. The van der Waals surface area contributed by atoms with E-state index >= 15 is 0 Å². The van der Waals surface area contributed by atoms with Crippen LogP contribution in [-0.4, -0.2) is 12.2 Å². The van der Waals surface area contributed by atoms with Crippen LogP contribution in [0.2, 0.25) is 15.1 Å². The topological polar surface area (TPSA) is 29.1 Å². The van der Waals surface area contributed by atoms with E-state index in [0.717, 1.165) is 4.90 Å². The molecule has 104 valence electrons. The quantitative estimate of drug-likeness (QED) is 0.731. The highest BCUT2D eigenvalue weighted by Gasteiger charge is 2.12. The molecule has 2 aromatic rings. The molecule has 0 aromatic heterocycles. The van der Waals surface area contributed by atoms with Gasteiger partial charge in [-0.1, -0.05) is 34.8 Å². The summed E-state index contributed by atoms with van der Waals surface area (Å²) in [6.45, 7) is 0. The van der Waals surface area contributed by atoms with E-state index < -0.39 is 0 Å². The van der Waals surface area contributed by atoms with Gasteiger partial charge in [-0.25, -0.2) is 0 Å². The Balaban J connectivity index is 2.25. The van der Waals surface area contributed by atoms with Crippen molar-refractivity contribution in [2.45, 2.75) is 4.90 Å². The molecule has 0 saturated heterocycles. The normalized spacial score (nSPS) is 10.4. The van der Waals surface area contributed by atoms with E-state index in [1.807, 2.05) is 12.3 Å². The van der Waals surface area contributed by atoms with Crippen LogP contribution in [0.3, 0.4) is 0 Å². The second-order valence-corrected chi connectivity index (χ2v) is 6.03. The van der Waals surface area contributed by atoms with Gasteiger partial charge in [0.05, 0.1) is 20.6 Å². The number of benzene rings is 2. The third-order valence-corrected chi connectivity index (χ3v) is 4.39. The van der Waals surface area contributed by atoms with Crippen LogP contribution in [0.1, 0.15) is 10.4 Å². The minimum Gasteiger partial charge on any atom is -0.322 e. The van der Waals surface area contributed by atoms with E-state index in [2.05, 4.69) is 5.32 Å². The summed E-state index contributed by atoms with van der Waals surface area (Å²) in [5.41, 5.74) is 0.986. The monoisotopic (exact) mass is 345 g/mol. The lowest BCUT2D eigenvalue weighted by Gasteiger charge is -2.09. The third-order valence-electron chi connectivity index (χ3n) is 2.60. The van der Waals surface area contributed by atoms with Crippen LogP contribution >= 0.6 is 46.6 Å². The van der Waals surface area contributed by atoms with E-state index in [1.165, 1.54) is 0 Å². The fraction of sp³-hybridized carbons (Fsp3) is 0.0714. The SMILES string of the molecule is CSc1ccc(Cl)c(C(=O)Nc2ccc(Cl)c(Cl)c2)c1. The maximum atomic E-state index is 12.2. The van der Waals surface area contributed by atoms with E-state index in [1.54, 1.807) is 42.1 Å². The Morgan fingerprint density at radius 1 is 1.00 bits per heavy atom. The first-order chi connectivity index (χ1) is 9.51. The molecule has 0 fully saturated rings. The van der Waals surface area contributed by atoms with Crippen LogP contribution < -0.4 is 5.32 Å². The first-order valence-electron chi connectivity index (χ1n) is 5.61. The molecule has 0 bridgehead atoms. The van der Waals surface area contributed by atoms with Crippen molar-refractivity contribution in [2.75, 3.05) is 11.6 Å². The fourth-order valence-electron chi connectivity index (χ4n) is 1.58.